The minimum atomic E-state index is -0.765. The first kappa shape index (κ1) is 19.0. The molecule has 0 bridgehead atoms. The van der Waals surface area contributed by atoms with Crippen LogP contribution in [0.1, 0.15) is 34.2 Å². The number of aryl methyl sites for hydroxylation is 3. The van der Waals surface area contributed by atoms with Crippen LogP contribution in [0, 0.1) is 20.8 Å². The fraction of sp³-hybridized carbons (Fsp3) is 0.381. The van der Waals surface area contributed by atoms with Crippen LogP contribution in [-0.2, 0) is 17.9 Å². The lowest BCUT2D eigenvalue weighted by molar-refractivity contribution is -0.137. The second-order valence-corrected chi connectivity index (χ2v) is 6.71. The molecule has 2 rings (SSSR count). The van der Waals surface area contributed by atoms with Crippen molar-refractivity contribution in [3.63, 3.8) is 0 Å². The quantitative estimate of drug-likeness (QED) is 0.785. The number of hydrogen-bond donors (Lipinski definition) is 1. The third-order valence-electron chi connectivity index (χ3n) is 4.18. The Morgan fingerprint density at radius 1 is 1.04 bits per heavy atom. The van der Waals surface area contributed by atoms with E-state index in [1.807, 2.05) is 11.9 Å². The molecule has 0 amide bonds. The van der Waals surface area contributed by atoms with Crippen molar-refractivity contribution in [2.24, 2.45) is 0 Å². The summed E-state index contributed by atoms with van der Waals surface area (Å²) in [6.07, 6.45) is 0.159. The predicted molar refractivity (Wildman–Crippen MR) is 100 cm³/mol. The fourth-order valence-corrected chi connectivity index (χ4v) is 2.88. The molecule has 0 aliphatic heterocycles. The number of carbonyl (C=O) groups is 1. The van der Waals surface area contributed by atoms with Gasteiger partial charge in [0.05, 0.1) is 6.42 Å². The van der Waals surface area contributed by atoms with Crippen molar-refractivity contribution in [2.45, 2.75) is 40.3 Å². The van der Waals surface area contributed by atoms with Crippen LogP contribution >= 0.6 is 0 Å². The van der Waals surface area contributed by atoms with Crippen LogP contribution in [0.2, 0.25) is 0 Å². The number of nitrogens with zero attached hydrogens (tertiary/aromatic N) is 1. The first-order chi connectivity index (χ1) is 11.8. The van der Waals surface area contributed by atoms with Crippen molar-refractivity contribution in [2.75, 3.05) is 13.6 Å². The van der Waals surface area contributed by atoms with Crippen molar-refractivity contribution in [3.8, 4) is 5.75 Å². The van der Waals surface area contributed by atoms with Gasteiger partial charge in [-0.05, 0) is 50.1 Å². The summed E-state index contributed by atoms with van der Waals surface area (Å²) in [5.41, 5.74) is 5.78. The Morgan fingerprint density at radius 2 is 1.64 bits per heavy atom. The van der Waals surface area contributed by atoms with Crippen molar-refractivity contribution in [1.82, 2.24) is 4.90 Å². The van der Waals surface area contributed by atoms with E-state index in [-0.39, 0.29) is 6.42 Å². The molecule has 4 heteroatoms. The molecule has 0 aliphatic rings. The summed E-state index contributed by atoms with van der Waals surface area (Å²) in [7, 11) is 1.94. The highest BCUT2D eigenvalue weighted by atomic mass is 16.5. The van der Waals surface area contributed by atoms with Gasteiger partial charge in [0.15, 0.2) is 0 Å². The van der Waals surface area contributed by atoms with Gasteiger partial charge in [0.2, 0.25) is 0 Å². The van der Waals surface area contributed by atoms with Crippen LogP contribution in [0.5, 0.6) is 5.75 Å². The van der Waals surface area contributed by atoms with Crippen LogP contribution in [0.15, 0.2) is 36.4 Å². The minimum absolute atomic E-state index is 0.159. The Kier molecular flexibility index (Phi) is 6.59. The lowest BCUT2D eigenvalue weighted by atomic mass is 10.1. The van der Waals surface area contributed by atoms with Gasteiger partial charge in [-0.15, -0.1) is 0 Å². The number of carboxylic acids is 1. The van der Waals surface area contributed by atoms with Gasteiger partial charge in [-0.3, -0.25) is 4.79 Å². The molecule has 2 aromatic carbocycles. The molecule has 0 unspecified atom stereocenters. The van der Waals surface area contributed by atoms with Gasteiger partial charge in [0.25, 0.3) is 0 Å². The third kappa shape index (κ3) is 5.91. The summed E-state index contributed by atoms with van der Waals surface area (Å²) in [4.78, 5) is 12.7. The van der Waals surface area contributed by atoms with Crippen molar-refractivity contribution >= 4 is 5.97 Å². The van der Waals surface area contributed by atoms with E-state index >= 15 is 0 Å². The standard InChI is InChI=1S/C21H27NO3/c1-15-5-7-18(8-6-15)14-25-21-16(2)11-19(12-17(21)3)13-22(4)10-9-20(23)24/h5-8,11-12H,9-10,13-14H2,1-4H3,(H,23,24). The molecule has 4 nitrogen and oxygen atoms in total. The zero-order valence-electron chi connectivity index (χ0n) is 15.5. The van der Waals surface area contributed by atoms with Gasteiger partial charge in [-0.1, -0.05) is 42.0 Å². The van der Waals surface area contributed by atoms with Crippen LogP contribution in [0.25, 0.3) is 0 Å². The van der Waals surface area contributed by atoms with Gasteiger partial charge in [-0.2, -0.15) is 0 Å². The largest absolute Gasteiger partial charge is 0.488 e. The Labute approximate surface area is 150 Å². The van der Waals surface area contributed by atoms with Gasteiger partial charge in [0, 0.05) is 13.1 Å². The summed E-state index contributed by atoms with van der Waals surface area (Å²) in [5, 5.41) is 8.78. The van der Waals surface area contributed by atoms with Crippen LogP contribution in [0.3, 0.4) is 0 Å². The second kappa shape index (κ2) is 8.67. The average Bonchev–Trinajstić information content (AvgIpc) is 2.54. The zero-order chi connectivity index (χ0) is 18.4. The van der Waals surface area contributed by atoms with Gasteiger partial charge >= 0.3 is 5.97 Å². The molecular weight excluding hydrogens is 314 g/mol. The third-order valence-corrected chi connectivity index (χ3v) is 4.18. The number of rotatable bonds is 8. The number of carboxylic acid groups (broad SMARTS) is 1. The molecule has 0 atom stereocenters. The van der Waals surface area contributed by atoms with E-state index in [1.54, 1.807) is 0 Å². The maximum atomic E-state index is 10.7. The summed E-state index contributed by atoms with van der Waals surface area (Å²) in [6.45, 7) is 8.01. The number of aliphatic carboxylic acids is 1. The van der Waals surface area contributed by atoms with Gasteiger partial charge in [-0.25, -0.2) is 0 Å². The molecule has 0 aliphatic carbocycles. The monoisotopic (exact) mass is 341 g/mol. The van der Waals surface area contributed by atoms with E-state index in [9.17, 15) is 4.79 Å². The van der Waals surface area contributed by atoms with E-state index in [1.165, 1.54) is 11.1 Å². The lowest BCUT2D eigenvalue weighted by Gasteiger charge is -2.18. The summed E-state index contributed by atoms with van der Waals surface area (Å²) in [5.74, 6) is 0.163. The Bertz CT molecular complexity index is 699. The molecule has 0 saturated carbocycles. The smallest absolute Gasteiger partial charge is 0.304 e. The maximum Gasteiger partial charge on any atom is 0.304 e. The van der Waals surface area contributed by atoms with Crippen LogP contribution < -0.4 is 4.74 Å². The molecule has 0 aromatic heterocycles. The summed E-state index contributed by atoms with van der Waals surface area (Å²) < 4.78 is 6.04. The number of benzene rings is 2. The second-order valence-electron chi connectivity index (χ2n) is 6.71. The highest BCUT2D eigenvalue weighted by Crippen LogP contribution is 2.26. The predicted octanol–water partition coefficient (Wildman–Crippen LogP) is 4.10. The van der Waals surface area contributed by atoms with Crippen LogP contribution in [-0.4, -0.2) is 29.6 Å². The maximum absolute atomic E-state index is 10.7. The molecular formula is C21H27NO3. The molecule has 134 valence electrons. The topological polar surface area (TPSA) is 49.8 Å². The summed E-state index contributed by atoms with van der Waals surface area (Å²) >= 11 is 0. The minimum Gasteiger partial charge on any atom is -0.488 e. The van der Waals surface area contributed by atoms with Crippen molar-refractivity contribution < 1.29 is 14.6 Å². The van der Waals surface area contributed by atoms with E-state index in [0.717, 1.165) is 29.0 Å². The first-order valence-electron chi connectivity index (χ1n) is 8.54. The molecule has 0 saturated heterocycles. The average molecular weight is 341 g/mol. The Hall–Kier alpha value is -2.33. The molecule has 0 radical (unpaired) electrons. The molecule has 25 heavy (non-hydrogen) atoms. The molecule has 1 N–H and O–H groups in total. The Balaban J connectivity index is 2.01. The van der Waals surface area contributed by atoms with E-state index in [4.69, 9.17) is 9.84 Å². The van der Waals surface area contributed by atoms with Gasteiger partial charge in [0.1, 0.15) is 12.4 Å². The van der Waals surface area contributed by atoms with Gasteiger partial charge < -0.3 is 14.7 Å². The number of hydrogen-bond acceptors (Lipinski definition) is 3. The normalized spacial score (nSPS) is 10.9. The fourth-order valence-electron chi connectivity index (χ4n) is 2.88. The van der Waals surface area contributed by atoms with E-state index in [0.29, 0.717) is 13.2 Å². The zero-order valence-corrected chi connectivity index (χ0v) is 15.5. The summed E-state index contributed by atoms with van der Waals surface area (Å²) in [6, 6.07) is 12.6. The molecule has 2 aromatic rings. The molecule has 0 heterocycles. The SMILES string of the molecule is Cc1ccc(COc2c(C)cc(CN(C)CCC(=O)O)cc2C)cc1. The molecule has 0 spiro atoms. The highest BCUT2D eigenvalue weighted by Gasteiger charge is 2.09. The number of ether oxygens (including phenoxy) is 1. The van der Waals surface area contributed by atoms with Crippen molar-refractivity contribution in [3.05, 3.63) is 64.2 Å². The van der Waals surface area contributed by atoms with Crippen LogP contribution in [0.4, 0.5) is 0 Å². The lowest BCUT2D eigenvalue weighted by Crippen LogP contribution is -2.21. The first-order valence-corrected chi connectivity index (χ1v) is 8.54. The van der Waals surface area contributed by atoms with E-state index in [2.05, 4.69) is 57.2 Å². The van der Waals surface area contributed by atoms with E-state index < -0.39 is 5.97 Å². The Morgan fingerprint density at radius 3 is 2.20 bits per heavy atom. The molecule has 0 fully saturated rings. The van der Waals surface area contributed by atoms with Crippen molar-refractivity contribution in [1.29, 1.82) is 0 Å². The highest BCUT2D eigenvalue weighted by molar-refractivity contribution is 5.66.